The van der Waals surface area contributed by atoms with E-state index in [4.69, 9.17) is 4.74 Å². The van der Waals surface area contributed by atoms with Gasteiger partial charge in [0.1, 0.15) is 5.75 Å². The van der Waals surface area contributed by atoms with Gasteiger partial charge in [0.05, 0.1) is 23.4 Å². The summed E-state index contributed by atoms with van der Waals surface area (Å²) in [6, 6.07) is 14.7. The molecule has 0 aliphatic rings. The minimum Gasteiger partial charge on any atom is -0.497 e. The van der Waals surface area contributed by atoms with Crippen LogP contribution < -0.4 is 10.1 Å². The van der Waals surface area contributed by atoms with Crippen LogP contribution in [0.2, 0.25) is 0 Å². The molecule has 1 atom stereocenters. The first-order chi connectivity index (χ1) is 10.2. The summed E-state index contributed by atoms with van der Waals surface area (Å²) in [4.78, 5) is 4.66. The fraction of sp³-hybridized carbons (Fsp3) is 0.235. The van der Waals surface area contributed by atoms with Crippen molar-refractivity contribution in [3.63, 3.8) is 0 Å². The van der Waals surface area contributed by atoms with Gasteiger partial charge in [0.2, 0.25) is 0 Å². The maximum absolute atomic E-state index is 5.19. The molecule has 4 heteroatoms. The van der Waals surface area contributed by atoms with Crippen LogP contribution in [0.5, 0.6) is 5.75 Å². The van der Waals surface area contributed by atoms with Gasteiger partial charge in [-0.3, -0.25) is 0 Å². The molecule has 108 valence electrons. The highest BCUT2D eigenvalue weighted by Gasteiger charge is 2.09. The Bertz CT molecular complexity index is 749. The lowest BCUT2D eigenvalue weighted by Gasteiger charge is -2.13. The van der Waals surface area contributed by atoms with Crippen molar-refractivity contribution in [2.24, 2.45) is 0 Å². The van der Waals surface area contributed by atoms with Gasteiger partial charge in [-0.1, -0.05) is 29.5 Å². The van der Waals surface area contributed by atoms with E-state index in [9.17, 15) is 0 Å². The second-order valence-corrected chi connectivity index (χ2v) is 6.16. The zero-order chi connectivity index (χ0) is 14.8. The second kappa shape index (κ2) is 5.74. The Balaban J connectivity index is 1.79. The number of fused-ring (bicyclic) bond motifs is 1. The molecule has 1 aromatic heterocycles. The number of hydrogen-bond acceptors (Lipinski definition) is 4. The predicted molar refractivity (Wildman–Crippen MR) is 89.4 cm³/mol. The normalized spacial score (nSPS) is 12.3. The number of hydrogen-bond donors (Lipinski definition) is 1. The van der Waals surface area contributed by atoms with Gasteiger partial charge < -0.3 is 10.1 Å². The van der Waals surface area contributed by atoms with Crippen LogP contribution in [0, 0.1) is 6.92 Å². The van der Waals surface area contributed by atoms with Crippen LogP contribution in [0.1, 0.15) is 24.1 Å². The first-order valence-electron chi connectivity index (χ1n) is 6.93. The molecule has 0 amide bonds. The lowest BCUT2D eigenvalue weighted by atomic mass is 10.1. The molecule has 3 aromatic rings. The predicted octanol–water partition coefficient (Wildman–Crippen LogP) is 4.79. The molecule has 0 aliphatic heterocycles. The lowest BCUT2D eigenvalue weighted by molar-refractivity contribution is 0.414. The van der Waals surface area contributed by atoms with Crippen molar-refractivity contribution in [2.75, 3.05) is 12.4 Å². The van der Waals surface area contributed by atoms with Gasteiger partial charge in [-0.05, 0) is 49.2 Å². The third-order valence-corrected chi connectivity index (χ3v) is 4.47. The van der Waals surface area contributed by atoms with Crippen molar-refractivity contribution >= 4 is 26.7 Å². The van der Waals surface area contributed by atoms with Crippen molar-refractivity contribution < 1.29 is 4.74 Å². The molecule has 3 nitrogen and oxygen atoms in total. The minimum absolute atomic E-state index is 0.206. The second-order valence-electron chi connectivity index (χ2n) is 5.13. The third-order valence-electron chi connectivity index (χ3n) is 3.50. The van der Waals surface area contributed by atoms with Gasteiger partial charge in [-0.2, -0.15) is 0 Å². The molecule has 1 N–H and O–H groups in total. The van der Waals surface area contributed by atoms with E-state index in [1.54, 1.807) is 18.4 Å². The number of aromatic nitrogens is 1. The number of anilines is 1. The Morgan fingerprint density at radius 2 is 1.90 bits per heavy atom. The van der Waals surface area contributed by atoms with Gasteiger partial charge in [-0.25, -0.2) is 4.98 Å². The summed E-state index contributed by atoms with van der Waals surface area (Å²) in [5.41, 5.74) is 3.51. The van der Waals surface area contributed by atoms with Crippen LogP contribution in [0.25, 0.3) is 10.2 Å². The van der Waals surface area contributed by atoms with Gasteiger partial charge in [0, 0.05) is 0 Å². The Labute approximate surface area is 128 Å². The number of thiazole rings is 1. The number of nitrogens with zero attached hydrogens (tertiary/aromatic N) is 1. The maximum Gasteiger partial charge on any atom is 0.184 e. The van der Waals surface area contributed by atoms with E-state index in [1.807, 2.05) is 12.1 Å². The van der Waals surface area contributed by atoms with Crippen LogP contribution in [-0.4, -0.2) is 12.1 Å². The highest BCUT2D eigenvalue weighted by Crippen LogP contribution is 2.29. The molecule has 1 unspecified atom stereocenters. The van der Waals surface area contributed by atoms with Crippen molar-refractivity contribution in [2.45, 2.75) is 19.9 Å². The standard InChI is InChI=1S/C17H18N2OS/c1-11-4-9-16-15(10-11)19-17(21-16)18-12(2)13-5-7-14(20-3)8-6-13/h4-10,12H,1-3H3,(H,18,19). The van der Waals surface area contributed by atoms with Crippen LogP contribution >= 0.6 is 11.3 Å². The van der Waals surface area contributed by atoms with Gasteiger partial charge in [0.25, 0.3) is 0 Å². The summed E-state index contributed by atoms with van der Waals surface area (Å²) in [6.07, 6.45) is 0. The number of aryl methyl sites for hydroxylation is 1. The van der Waals surface area contributed by atoms with Crippen LogP contribution in [0.15, 0.2) is 42.5 Å². The third kappa shape index (κ3) is 3.00. The van der Waals surface area contributed by atoms with Crippen molar-refractivity contribution in [1.29, 1.82) is 0 Å². The highest BCUT2D eigenvalue weighted by molar-refractivity contribution is 7.22. The maximum atomic E-state index is 5.19. The lowest BCUT2D eigenvalue weighted by Crippen LogP contribution is -2.06. The summed E-state index contributed by atoms with van der Waals surface area (Å²) in [7, 11) is 1.68. The van der Waals surface area contributed by atoms with E-state index in [2.05, 4.69) is 54.5 Å². The molecule has 3 rings (SSSR count). The monoisotopic (exact) mass is 298 g/mol. The number of benzene rings is 2. The van der Waals surface area contributed by atoms with Crippen LogP contribution in [0.3, 0.4) is 0 Å². The van der Waals surface area contributed by atoms with E-state index in [1.165, 1.54) is 15.8 Å². The minimum atomic E-state index is 0.206. The molecular weight excluding hydrogens is 280 g/mol. The number of nitrogens with one attached hydrogen (secondary N) is 1. The van der Waals surface area contributed by atoms with E-state index >= 15 is 0 Å². The average molecular weight is 298 g/mol. The summed E-state index contributed by atoms with van der Waals surface area (Å²) < 4.78 is 6.40. The first-order valence-corrected chi connectivity index (χ1v) is 7.75. The van der Waals surface area contributed by atoms with Crippen LogP contribution in [-0.2, 0) is 0 Å². The van der Waals surface area contributed by atoms with Crippen molar-refractivity contribution in [1.82, 2.24) is 4.98 Å². The summed E-state index contributed by atoms with van der Waals surface area (Å²) in [5, 5.41) is 4.43. The van der Waals surface area contributed by atoms with Gasteiger partial charge in [0.15, 0.2) is 5.13 Å². The highest BCUT2D eigenvalue weighted by atomic mass is 32.1. The number of methoxy groups -OCH3 is 1. The van der Waals surface area contributed by atoms with E-state index in [-0.39, 0.29) is 6.04 Å². The van der Waals surface area contributed by atoms with Crippen molar-refractivity contribution in [3.05, 3.63) is 53.6 Å². The van der Waals surface area contributed by atoms with Crippen molar-refractivity contribution in [3.8, 4) is 5.75 Å². The quantitative estimate of drug-likeness (QED) is 0.752. The SMILES string of the molecule is COc1ccc(C(C)Nc2nc3cc(C)ccc3s2)cc1. The van der Waals surface area contributed by atoms with Gasteiger partial charge in [-0.15, -0.1) is 0 Å². The number of rotatable bonds is 4. The zero-order valence-corrected chi connectivity index (χ0v) is 13.2. The molecule has 0 radical (unpaired) electrons. The largest absolute Gasteiger partial charge is 0.497 e. The molecule has 1 heterocycles. The molecule has 0 saturated carbocycles. The van der Waals surface area contributed by atoms with E-state index in [0.29, 0.717) is 0 Å². The summed E-state index contributed by atoms with van der Waals surface area (Å²) in [5.74, 6) is 0.876. The molecule has 2 aromatic carbocycles. The Morgan fingerprint density at radius 3 is 2.62 bits per heavy atom. The number of ether oxygens (including phenoxy) is 1. The molecule has 0 bridgehead atoms. The molecule has 0 aliphatic carbocycles. The molecule has 0 fully saturated rings. The zero-order valence-electron chi connectivity index (χ0n) is 12.4. The fourth-order valence-corrected chi connectivity index (χ4v) is 3.19. The average Bonchev–Trinajstić information content (AvgIpc) is 2.88. The topological polar surface area (TPSA) is 34.1 Å². The van der Waals surface area contributed by atoms with Crippen LogP contribution in [0.4, 0.5) is 5.13 Å². The fourth-order valence-electron chi connectivity index (χ4n) is 2.26. The Morgan fingerprint density at radius 1 is 1.14 bits per heavy atom. The molecular formula is C17H18N2OS. The summed E-state index contributed by atoms with van der Waals surface area (Å²) in [6.45, 7) is 4.23. The summed E-state index contributed by atoms with van der Waals surface area (Å²) >= 11 is 1.69. The Kier molecular flexibility index (Phi) is 3.80. The van der Waals surface area contributed by atoms with E-state index in [0.717, 1.165) is 16.4 Å². The molecule has 0 spiro atoms. The molecule has 21 heavy (non-hydrogen) atoms. The Hall–Kier alpha value is -2.07. The van der Waals surface area contributed by atoms with E-state index < -0.39 is 0 Å². The van der Waals surface area contributed by atoms with Gasteiger partial charge >= 0.3 is 0 Å². The smallest absolute Gasteiger partial charge is 0.184 e. The molecule has 0 saturated heterocycles. The first kappa shape index (κ1) is 13.9.